The van der Waals surface area contributed by atoms with Crippen LogP contribution < -0.4 is 16.1 Å². The Labute approximate surface area is 329 Å². The Bertz CT molecular complexity index is 1380. The Morgan fingerprint density at radius 3 is 2.04 bits per heavy atom. The van der Waals surface area contributed by atoms with Crippen molar-refractivity contribution >= 4 is 29.6 Å². The number of amides is 4. The van der Waals surface area contributed by atoms with Crippen molar-refractivity contribution in [1.29, 1.82) is 0 Å². The number of likely N-dealkylation sites (N-methyl/N-ethyl adjacent to an activating group) is 2. The summed E-state index contributed by atoms with van der Waals surface area (Å²) >= 11 is 0. The zero-order valence-electron chi connectivity index (χ0n) is 35.6. The highest BCUT2D eigenvalue weighted by molar-refractivity contribution is 5.90. The van der Waals surface area contributed by atoms with Crippen molar-refractivity contribution in [3.8, 4) is 0 Å². The summed E-state index contributed by atoms with van der Waals surface area (Å²) in [5, 5.41) is 7.62. The van der Waals surface area contributed by atoms with Crippen LogP contribution in [0.4, 0.5) is 0 Å². The first-order valence-corrected chi connectivity index (χ1v) is 19.7. The second-order valence-corrected chi connectivity index (χ2v) is 15.6. The standard InChI is InChI=1S/C41H70N6O8/c1-14-27(6)36(45(9)40(51)34(25(2)3)44-39(50)35(26(4)5)46(10)42-8)32(53-11)24-33(48)47-22-18-21-31(47)37(54-12)28(7)38(49)43-30(41(52)55-13)23-29-19-16-15-17-20-29/h15-17,19-20,25-28,30-32,34-37,42H,14,18,21-24H2,1-13H3,(H,43,49)(H,44,50)/t27?,28?,30?,31?,32?,34-,35?,36?,37?/m0/s1. The molecule has 1 aromatic rings. The van der Waals surface area contributed by atoms with Gasteiger partial charge in [0.15, 0.2) is 0 Å². The highest BCUT2D eigenvalue weighted by Crippen LogP contribution is 2.30. The number of carbonyl (C=O) groups excluding carboxylic acids is 5. The fourth-order valence-electron chi connectivity index (χ4n) is 7.83. The highest BCUT2D eigenvalue weighted by Gasteiger charge is 2.43. The fraction of sp³-hybridized carbons (Fsp3) is 0.732. The summed E-state index contributed by atoms with van der Waals surface area (Å²) in [6.45, 7) is 14.0. The number of ether oxygens (including phenoxy) is 3. The molecule has 14 heteroatoms. The van der Waals surface area contributed by atoms with Gasteiger partial charge in [0, 0.05) is 41.3 Å². The van der Waals surface area contributed by atoms with Gasteiger partial charge in [0.25, 0.3) is 0 Å². The third-order valence-corrected chi connectivity index (χ3v) is 11.2. The number of nitrogens with zero attached hydrogens (tertiary/aromatic N) is 3. The van der Waals surface area contributed by atoms with Crippen LogP contribution in [0.25, 0.3) is 0 Å². The molecule has 1 aliphatic rings. The average molecular weight is 775 g/mol. The van der Waals surface area contributed by atoms with Crippen LogP contribution in [0.15, 0.2) is 30.3 Å². The predicted octanol–water partition coefficient (Wildman–Crippen LogP) is 3.04. The van der Waals surface area contributed by atoms with Crippen molar-refractivity contribution in [2.24, 2.45) is 23.7 Å². The first-order chi connectivity index (χ1) is 26.0. The van der Waals surface area contributed by atoms with Gasteiger partial charge >= 0.3 is 5.97 Å². The molecular weight excluding hydrogens is 704 g/mol. The van der Waals surface area contributed by atoms with Crippen LogP contribution in [-0.4, -0.2) is 136 Å². The van der Waals surface area contributed by atoms with Crippen LogP contribution in [0.5, 0.6) is 0 Å². The number of hydrazine groups is 1. The van der Waals surface area contributed by atoms with E-state index in [4.69, 9.17) is 14.2 Å². The van der Waals surface area contributed by atoms with E-state index in [1.807, 2.05) is 71.9 Å². The summed E-state index contributed by atoms with van der Waals surface area (Å²) in [5.41, 5.74) is 3.89. The van der Waals surface area contributed by atoms with Crippen molar-refractivity contribution in [3.63, 3.8) is 0 Å². The Morgan fingerprint density at radius 2 is 1.53 bits per heavy atom. The lowest BCUT2D eigenvalue weighted by molar-refractivity contribution is -0.149. The molecule has 0 saturated carbocycles. The van der Waals surface area contributed by atoms with Gasteiger partial charge in [-0.3, -0.25) is 24.6 Å². The fourth-order valence-corrected chi connectivity index (χ4v) is 7.83. The highest BCUT2D eigenvalue weighted by atomic mass is 16.5. The van der Waals surface area contributed by atoms with E-state index in [9.17, 15) is 24.0 Å². The minimum atomic E-state index is -0.893. The second-order valence-electron chi connectivity index (χ2n) is 15.6. The Balaban J connectivity index is 2.29. The van der Waals surface area contributed by atoms with Crippen LogP contribution in [0.3, 0.4) is 0 Å². The predicted molar refractivity (Wildman–Crippen MR) is 212 cm³/mol. The molecule has 1 aromatic carbocycles. The van der Waals surface area contributed by atoms with Gasteiger partial charge in [-0.05, 0) is 43.2 Å². The van der Waals surface area contributed by atoms with Crippen LogP contribution in [0.1, 0.15) is 79.7 Å². The van der Waals surface area contributed by atoms with Crippen LogP contribution in [0.2, 0.25) is 0 Å². The SMILES string of the molecule is CCC(C)C(C(CC(=O)N1CCCC1C(OC)C(C)C(=O)NC(Cc1ccccc1)C(=O)OC)OC)N(C)C(=O)[C@@H](NC(=O)C(C(C)C)N(C)NC)C(C)C. The van der Waals surface area contributed by atoms with Crippen molar-refractivity contribution in [2.75, 3.05) is 49.0 Å². The van der Waals surface area contributed by atoms with Gasteiger partial charge in [0.2, 0.25) is 23.6 Å². The molecule has 0 aromatic heterocycles. The molecule has 3 N–H and O–H groups in total. The zero-order valence-corrected chi connectivity index (χ0v) is 35.6. The molecule has 0 aliphatic carbocycles. The van der Waals surface area contributed by atoms with E-state index in [0.717, 1.165) is 18.4 Å². The van der Waals surface area contributed by atoms with E-state index in [0.29, 0.717) is 13.0 Å². The van der Waals surface area contributed by atoms with Crippen molar-refractivity contribution in [1.82, 2.24) is 30.9 Å². The average Bonchev–Trinajstić information content (AvgIpc) is 3.65. The van der Waals surface area contributed by atoms with E-state index in [2.05, 4.69) is 16.1 Å². The Hall–Kier alpha value is -3.59. The topological polar surface area (TPSA) is 159 Å². The van der Waals surface area contributed by atoms with E-state index in [1.165, 1.54) is 14.2 Å². The summed E-state index contributed by atoms with van der Waals surface area (Å²) < 4.78 is 16.9. The molecule has 4 amide bonds. The number of hydrogen-bond donors (Lipinski definition) is 3. The van der Waals surface area contributed by atoms with Crippen LogP contribution in [0, 0.1) is 23.7 Å². The lowest BCUT2D eigenvalue weighted by atomic mass is 9.89. The number of rotatable bonds is 22. The van der Waals surface area contributed by atoms with Gasteiger partial charge in [0.05, 0.1) is 43.7 Å². The minimum absolute atomic E-state index is 0.000773. The van der Waals surface area contributed by atoms with Gasteiger partial charge in [-0.25, -0.2) is 9.80 Å². The summed E-state index contributed by atoms with van der Waals surface area (Å²) in [7, 11) is 9.63. The molecule has 0 bridgehead atoms. The monoisotopic (exact) mass is 775 g/mol. The molecule has 1 heterocycles. The maximum Gasteiger partial charge on any atom is 0.328 e. The summed E-state index contributed by atoms with van der Waals surface area (Å²) in [6.07, 6.45) is 1.04. The van der Waals surface area contributed by atoms with E-state index >= 15 is 0 Å². The number of esters is 1. The van der Waals surface area contributed by atoms with Gasteiger partial charge in [-0.2, -0.15) is 0 Å². The number of benzene rings is 1. The lowest BCUT2D eigenvalue weighted by Crippen LogP contribution is -2.60. The third kappa shape index (κ3) is 12.7. The number of likely N-dealkylation sites (tertiary alicyclic amines) is 1. The smallest absolute Gasteiger partial charge is 0.328 e. The van der Waals surface area contributed by atoms with E-state index in [1.54, 1.807) is 50.0 Å². The molecule has 1 saturated heterocycles. The normalized spacial score (nSPS) is 18.9. The molecular formula is C41H70N6O8. The van der Waals surface area contributed by atoms with E-state index in [-0.39, 0.29) is 54.2 Å². The quantitative estimate of drug-likeness (QED) is 0.118. The molecule has 55 heavy (non-hydrogen) atoms. The zero-order chi connectivity index (χ0) is 41.6. The maximum atomic E-state index is 14.3. The van der Waals surface area contributed by atoms with Crippen molar-refractivity contribution < 1.29 is 38.2 Å². The lowest BCUT2D eigenvalue weighted by Gasteiger charge is -2.41. The number of nitrogens with one attached hydrogen (secondary N) is 3. The molecule has 14 nitrogen and oxygen atoms in total. The summed E-state index contributed by atoms with van der Waals surface area (Å²) in [6, 6.07) is 6.31. The van der Waals surface area contributed by atoms with Gasteiger partial charge in [-0.15, -0.1) is 0 Å². The molecule has 9 atom stereocenters. The summed E-state index contributed by atoms with van der Waals surface area (Å²) in [5.74, 6) is -2.58. The third-order valence-electron chi connectivity index (χ3n) is 11.2. The van der Waals surface area contributed by atoms with Gasteiger partial charge in [0.1, 0.15) is 18.1 Å². The number of hydrogen-bond acceptors (Lipinski definition) is 10. The van der Waals surface area contributed by atoms with Crippen LogP contribution >= 0.6 is 0 Å². The van der Waals surface area contributed by atoms with Gasteiger partial charge in [-0.1, -0.05) is 85.2 Å². The van der Waals surface area contributed by atoms with Crippen LogP contribution in [-0.2, 0) is 44.6 Å². The largest absolute Gasteiger partial charge is 0.467 e. The molecule has 0 radical (unpaired) electrons. The number of carbonyl (C=O) groups is 5. The minimum Gasteiger partial charge on any atom is -0.467 e. The van der Waals surface area contributed by atoms with Crippen molar-refractivity contribution in [3.05, 3.63) is 35.9 Å². The van der Waals surface area contributed by atoms with Gasteiger partial charge < -0.3 is 34.6 Å². The molecule has 1 aliphatic heterocycles. The molecule has 2 rings (SSSR count). The Kier molecular flexibility index (Phi) is 19.7. The van der Waals surface area contributed by atoms with E-state index < -0.39 is 54.3 Å². The Morgan fingerprint density at radius 1 is 0.891 bits per heavy atom. The number of methoxy groups -OCH3 is 3. The molecule has 312 valence electrons. The maximum absolute atomic E-state index is 14.3. The molecule has 0 spiro atoms. The van der Waals surface area contributed by atoms with Crippen molar-refractivity contribution in [2.45, 2.75) is 123 Å². The summed E-state index contributed by atoms with van der Waals surface area (Å²) in [4.78, 5) is 71.8. The molecule has 1 fully saturated rings. The molecule has 8 unspecified atom stereocenters. The first kappa shape index (κ1) is 47.6. The second kappa shape index (κ2) is 22.8. The first-order valence-electron chi connectivity index (χ1n) is 19.7.